The van der Waals surface area contributed by atoms with Crippen LogP contribution in [0.2, 0.25) is 0 Å². The molecule has 1 fully saturated rings. The molecule has 1 aromatic rings. The van der Waals surface area contributed by atoms with Gasteiger partial charge in [-0.3, -0.25) is 9.69 Å². The third kappa shape index (κ3) is 3.42. The zero-order valence-corrected chi connectivity index (χ0v) is 13.1. The molecule has 1 N–H and O–H groups in total. The molecule has 2 atom stereocenters. The van der Waals surface area contributed by atoms with E-state index in [1.165, 1.54) is 0 Å². The molecule has 1 heterocycles. The highest BCUT2D eigenvalue weighted by Gasteiger charge is 2.45. The highest BCUT2D eigenvalue weighted by molar-refractivity contribution is 7.80. The maximum Gasteiger partial charge on any atom is 0.355 e. The molecule has 1 aliphatic heterocycles. The van der Waals surface area contributed by atoms with Crippen molar-refractivity contribution in [2.75, 3.05) is 0 Å². The second kappa shape index (κ2) is 6.85. The van der Waals surface area contributed by atoms with Crippen molar-refractivity contribution < 1.29 is 23.1 Å². The average Bonchev–Trinajstić information content (AvgIpc) is 2.48. The number of likely N-dealkylation sites (tertiary alicyclic amines) is 1. The van der Waals surface area contributed by atoms with Crippen molar-refractivity contribution in [3.8, 4) is 0 Å². The number of amides is 1. The lowest BCUT2D eigenvalue weighted by molar-refractivity contribution is -0.150. The summed E-state index contributed by atoms with van der Waals surface area (Å²) in [4.78, 5) is 25.0. The summed E-state index contributed by atoms with van der Waals surface area (Å²) in [6.07, 6.45) is -0.0497. The number of carbonyl (C=O) groups is 2. The zero-order valence-electron chi connectivity index (χ0n) is 12.3. The van der Waals surface area contributed by atoms with Gasteiger partial charge in [0.1, 0.15) is 17.7 Å². The third-order valence-electron chi connectivity index (χ3n) is 3.26. The standard InChI is InChI=1S/C15H17NO5S/c1-10(2)14(16-12(17)8-13(16)22(19)20)15(18)21-9-11-6-4-3-5-7-11/h3-7,13H,8-9H2,1-2H3,(H,19,20). The molecule has 0 spiro atoms. The number of rotatable bonds is 5. The van der Waals surface area contributed by atoms with Crippen LogP contribution in [0.15, 0.2) is 41.6 Å². The van der Waals surface area contributed by atoms with Gasteiger partial charge in [0.15, 0.2) is 11.1 Å². The number of carbonyl (C=O) groups excluding carboxylic acids is 2. The molecular weight excluding hydrogens is 306 g/mol. The van der Waals surface area contributed by atoms with Crippen molar-refractivity contribution in [1.82, 2.24) is 4.90 Å². The molecule has 0 aromatic heterocycles. The topological polar surface area (TPSA) is 83.9 Å². The fourth-order valence-electron chi connectivity index (χ4n) is 2.15. The van der Waals surface area contributed by atoms with Gasteiger partial charge in [-0.15, -0.1) is 0 Å². The number of benzene rings is 1. The maximum absolute atomic E-state index is 12.3. The Labute approximate surface area is 131 Å². The minimum Gasteiger partial charge on any atom is -0.456 e. The summed E-state index contributed by atoms with van der Waals surface area (Å²) in [5.74, 6) is -1.03. The molecule has 0 saturated carbocycles. The van der Waals surface area contributed by atoms with Crippen molar-refractivity contribution in [3.63, 3.8) is 0 Å². The number of esters is 1. The van der Waals surface area contributed by atoms with Crippen LogP contribution in [0.3, 0.4) is 0 Å². The number of allylic oxidation sites excluding steroid dienone is 1. The third-order valence-corrected chi connectivity index (χ3v) is 4.10. The van der Waals surface area contributed by atoms with E-state index in [4.69, 9.17) is 4.74 Å². The first-order valence-electron chi connectivity index (χ1n) is 6.72. The van der Waals surface area contributed by atoms with Crippen LogP contribution in [0, 0.1) is 0 Å². The number of hydrogen-bond acceptors (Lipinski definition) is 4. The Morgan fingerprint density at radius 2 is 2.00 bits per heavy atom. The van der Waals surface area contributed by atoms with Crippen molar-refractivity contribution >= 4 is 23.0 Å². The molecule has 0 bridgehead atoms. The van der Waals surface area contributed by atoms with Gasteiger partial charge in [0.05, 0.1) is 6.42 Å². The summed E-state index contributed by atoms with van der Waals surface area (Å²) in [5, 5.41) is -0.887. The van der Waals surface area contributed by atoms with Crippen LogP contribution in [-0.4, -0.2) is 30.9 Å². The average molecular weight is 323 g/mol. The first kappa shape index (κ1) is 16.4. The molecular formula is C15H17NO5S. The Bertz CT molecular complexity index is 637. The summed E-state index contributed by atoms with van der Waals surface area (Å²) in [6.45, 7) is 3.38. The zero-order chi connectivity index (χ0) is 16.3. The summed E-state index contributed by atoms with van der Waals surface area (Å²) >= 11 is -2.20. The Hall–Kier alpha value is -1.99. The van der Waals surface area contributed by atoms with Crippen LogP contribution in [-0.2, 0) is 32.0 Å². The monoisotopic (exact) mass is 323 g/mol. The largest absolute Gasteiger partial charge is 0.456 e. The molecule has 1 saturated heterocycles. The summed E-state index contributed by atoms with van der Waals surface area (Å²) < 4.78 is 25.6. The lowest BCUT2D eigenvalue weighted by Gasteiger charge is -2.38. The highest BCUT2D eigenvalue weighted by atomic mass is 32.2. The van der Waals surface area contributed by atoms with Crippen LogP contribution < -0.4 is 0 Å². The quantitative estimate of drug-likeness (QED) is 0.387. The first-order valence-corrected chi connectivity index (χ1v) is 7.89. The predicted octanol–water partition coefficient (Wildman–Crippen LogP) is 1.80. The Kier molecular flexibility index (Phi) is 5.10. The summed E-state index contributed by atoms with van der Waals surface area (Å²) in [5.41, 5.74) is 1.42. The number of ether oxygens (including phenoxy) is 1. The van der Waals surface area contributed by atoms with Gasteiger partial charge < -0.3 is 9.29 Å². The molecule has 0 radical (unpaired) electrons. The molecule has 1 amide bonds. The van der Waals surface area contributed by atoms with Gasteiger partial charge in [-0.25, -0.2) is 9.00 Å². The second-order valence-electron chi connectivity index (χ2n) is 5.11. The van der Waals surface area contributed by atoms with E-state index in [1.807, 2.05) is 30.3 Å². The van der Waals surface area contributed by atoms with Crippen molar-refractivity contribution in [2.45, 2.75) is 32.2 Å². The van der Waals surface area contributed by atoms with Gasteiger partial charge in [0, 0.05) is 0 Å². The van der Waals surface area contributed by atoms with Gasteiger partial charge in [-0.1, -0.05) is 30.3 Å². The minimum atomic E-state index is -2.20. The highest BCUT2D eigenvalue weighted by Crippen LogP contribution is 2.29. The predicted molar refractivity (Wildman–Crippen MR) is 80.6 cm³/mol. The van der Waals surface area contributed by atoms with Gasteiger partial charge in [-0.2, -0.15) is 0 Å². The molecule has 0 aliphatic carbocycles. The Morgan fingerprint density at radius 3 is 2.50 bits per heavy atom. The minimum absolute atomic E-state index is 0.0413. The van der Waals surface area contributed by atoms with E-state index in [0.29, 0.717) is 5.57 Å². The normalized spacial score (nSPS) is 18.4. The second-order valence-corrected chi connectivity index (χ2v) is 6.21. The lowest BCUT2D eigenvalue weighted by Crippen LogP contribution is -2.55. The van der Waals surface area contributed by atoms with Crippen molar-refractivity contribution in [3.05, 3.63) is 47.2 Å². The summed E-state index contributed by atoms with van der Waals surface area (Å²) in [6, 6.07) is 9.14. The van der Waals surface area contributed by atoms with E-state index in [1.54, 1.807) is 13.8 Å². The fourth-order valence-corrected chi connectivity index (χ4v) is 2.84. The molecule has 1 aromatic carbocycles. The van der Waals surface area contributed by atoms with Crippen LogP contribution in [0.5, 0.6) is 0 Å². The Morgan fingerprint density at radius 1 is 1.36 bits per heavy atom. The number of nitrogens with zero attached hydrogens (tertiary/aromatic N) is 1. The summed E-state index contributed by atoms with van der Waals surface area (Å²) in [7, 11) is 0. The van der Waals surface area contributed by atoms with Crippen molar-refractivity contribution in [2.24, 2.45) is 0 Å². The maximum atomic E-state index is 12.3. The van der Waals surface area contributed by atoms with Crippen molar-refractivity contribution in [1.29, 1.82) is 0 Å². The molecule has 2 unspecified atom stereocenters. The van der Waals surface area contributed by atoms with E-state index in [-0.39, 0.29) is 24.6 Å². The van der Waals surface area contributed by atoms with Crippen LogP contribution >= 0.6 is 0 Å². The van der Waals surface area contributed by atoms with E-state index < -0.39 is 22.4 Å². The van der Waals surface area contributed by atoms with Gasteiger partial charge in [-0.05, 0) is 25.0 Å². The molecule has 22 heavy (non-hydrogen) atoms. The molecule has 6 nitrogen and oxygen atoms in total. The van der Waals surface area contributed by atoms with E-state index in [9.17, 15) is 18.4 Å². The van der Waals surface area contributed by atoms with Crippen LogP contribution in [0.4, 0.5) is 0 Å². The van der Waals surface area contributed by atoms with Crippen LogP contribution in [0.25, 0.3) is 0 Å². The number of β-lactam (4-membered cyclic amide) rings is 1. The molecule has 2 rings (SSSR count). The van der Waals surface area contributed by atoms with Gasteiger partial charge >= 0.3 is 5.97 Å². The van der Waals surface area contributed by atoms with E-state index >= 15 is 0 Å². The molecule has 118 valence electrons. The van der Waals surface area contributed by atoms with Gasteiger partial charge in [0.25, 0.3) is 0 Å². The van der Waals surface area contributed by atoms with E-state index in [2.05, 4.69) is 0 Å². The smallest absolute Gasteiger partial charge is 0.355 e. The Balaban J connectivity index is 2.12. The first-order chi connectivity index (χ1) is 10.4. The van der Waals surface area contributed by atoms with Crippen LogP contribution in [0.1, 0.15) is 25.8 Å². The number of hydrogen-bond donors (Lipinski definition) is 1. The molecule has 7 heteroatoms. The fraction of sp³-hybridized carbons (Fsp3) is 0.333. The lowest BCUT2D eigenvalue weighted by atomic mass is 10.1. The van der Waals surface area contributed by atoms with E-state index in [0.717, 1.165) is 10.5 Å². The SMILES string of the molecule is CC(C)=C(C(=O)OCc1ccccc1)N1C(=O)CC1S(=O)O. The molecule has 1 aliphatic rings. The van der Waals surface area contributed by atoms with Gasteiger partial charge in [0.2, 0.25) is 5.91 Å².